The van der Waals surface area contributed by atoms with E-state index in [1.165, 1.54) is 11.5 Å². The van der Waals surface area contributed by atoms with E-state index in [9.17, 15) is 13.0 Å². The normalized spacial score (nSPS) is 11.8. The standard InChI is InChI=1S/C21H17NO3S/c1-14-9-10-18(13-21(14)26(23,24)25)22-20-8-4-7-17-11-15-5-2-3-6-16(15)12-19(17)20/h2-13,22H,1H3,(H,23,24,25). The molecular weight excluding hydrogens is 346 g/mol. The molecule has 4 rings (SSSR count). The first-order valence-corrected chi connectivity index (χ1v) is 9.62. The molecule has 0 unspecified atom stereocenters. The van der Waals surface area contributed by atoms with Crippen molar-refractivity contribution in [1.82, 2.24) is 0 Å². The first-order chi connectivity index (χ1) is 12.4. The molecule has 5 heteroatoms. The van der Waals surface area contributed by atoms with Gasteiger partial charge in [-0.15, -0.1) is 0 Å². The average molecular weight is 363 g/mol. The number of rotatable bonds is 3. The van der Waals surface area contributed by atoms with Crippen molar-refractivity contribution in [3.63, 3.8) is 0 Å². The van der Waals surface area contributed by atoms with Gasteiger partial charge in [-0.25, -0.2) is 0 Å². The molecule has 0 spiro atoms. The summed E-state index contributed by atoms with van der Waals surface area (Å²) in [5, 5.41) is 7.71. The molecule has 130 valence electrons. The lowest BCUT2D eigenvalue weighted by Crippen LogP contribution is -2.02. The van der Waals surface area contributed by atoms with Crippen LogP contribution in [0.15, 0.2) is 77.7 Å². The minimum atomic E-state index is -4.26. The van der Waals surface area contributed by atoms with E-state index in [-0.39, 0.29) is 4.90 Å². The van der Waals surface area contributed by atoms with Gasteiger partial charge in [0.05, 0.1) is 4.90 Å². The largest absolute Gasteiger partial charge is 0.355 e. The van der Waals surface area contributed by atoms with Gasteiger partial charge in [-0.1, -0.05) is 42.5 Å². The minimum Gasteiger partial charge on any atom is -0.355 e. The van der Waals surface area contributed by atoms with Crippen LogP contribution >= 0.6 is 0 Å². The van der Waals surface area contributed by atoms with Gasteiger partial charge in [-0.2, -0.15) is 8.42 Å². The molecule has 0 amide bonds. The summed E-state index contributed by atoms with van der Waals surface area (Å²) < 4.78 is 32.5. The molecule has 0 saturated heterocycles. The Bertz CT molecular complexity index is 1250. The summed E-state index contributed by atoms with van der Waals surface area (Å²) >= 11 is 0. The van der Waals surface area contributed by atoms with Crippen molar-refractivity contribution in [2.45, 2.75) is 11.8 Å². The summed E-state index contributed by atoms with van der Waals surface area (Å²) in [4.78, 5) is -0.0896. The van der Waals surface area contributed by atoms with Crippen LogP contribution in [-0.4, -0.2) is 13.0 Å². The number of anilines is 2. The smallest absolute Gasteiger partial charge is 0.294 e. The number of benzene rings is 4. The predicted molar refractivity (Wildman–Crippen MR) is 106 cm³/mol. The van der Waals surface area contributed by atoms with Crippen LogP contribution in [0.25, 0.3) is 21.5 Å². The molecule has 0 fully saturated rings. The first-order valence-electron chi connectivity index (χ1n) is 8.18. The zero-order valence-corrected chi connectivity index (χ0v) is 14.9. The van der Waals surface area contributed by atoms with E-state index >= 15 is 0 Å². The number of hydrogen-bond acceptors (Lipinski definition) is 3. The quantitative estimate of drug-likeness (QED) is 0.383. The summed E-state index contributed by atoms with van der Waals surface area (Å²) in [5.41, 5.74) is 1.98. The van der Waals surface area contributed by atoms with Gasteiger partial charge >= 0.3 is 0 Å². The van der Waals surface area contributed by atoms with E-state index in [0.717, 1.165) is 21.8 Å². The molecule has 0 bridgehead atoms. The van der Waals surface area contributed by atoms with Gasteiger partial charge in [0.25, 0.3) is 10.1 Å². The lowest BCUT2D eigenvalue weighted by molar-refractivity contribution is 0.482. The van der Waals surface area contributed by atoms with Gasteiger partial charge in [0.15, 0.2) is 0 Å². The molecule has 2 N–H and O–H groups in total. The van der Waals surface area contributed by atoms with Crippen LogP contribution in [0.4, 0.5) is 11.4 Å². The molecule has 26 heavy (non-hydrogen) atoms. The summed E-state index contributed by atoms with van der Waals surface area (Å²) in [5.74, 6) is 0. The Morgan fingerprint density at radius 3 is 2.23 bits per heavy atom. The van der Waals surface area contributed by atoms with E-state index in [0.29, 0.717) is 11.3 Å². The van der Waals surface area contributed by atoms with Crippen LogP contribution in [-0.2, 0) is 10.1 Å². The Morgan fingerprint density at radius 2 is 1.50 bits per heavy atom. The van der Waals surface area contributed by atoms with E-state index in [1.54, 1.807) is 19.1 Å². The minimum absolute atomic E-state index is 0.0896. The van der Waals surface area contributed by atoms with Gasteiger partial charge in [0.2, 0.25) is 0 Å². The molecule has 0 aliphatic heterocycles. The fraction of sp³-hybridized carbons (Fsp3) is 0.0476. The fourth-order valence-corrected chi connectivity index (χ4v) is 3.94. The van der Waals surface area contributed by atoms with Crippen LogP contribution in [0.5, 0.6) is 0 Å². The van der Waals surface area contributed by atoms with Crippen LogP contribution < -0.4 is 5.32 Å². The second-order valence-corrected chi connectivity index (χ2v) is 7.70. The molecular formula is C21H17NO3S. The lowest BCUT2D eigenvalue weighted by atomic mass is 10.0. The van der Waals surface area contributed by atoms with Crippen molar-refractivity contribution in [1.29, 1.82) is 0 Å². The molecule has 0 atom stereocenters. The average Bonchev–Trinajstić information content (AvgIpc) is 2.61. The third-order valence-electron chi connectivity index (χ3n) is 4.49. The molecule has 4 aromatic carbocycles. The Hall–Kier alpha value is -2.89. The Kier molecular flexibility index (Phi) is 3.90. The molecule has 0 heterocycles. The second-order valence-electron chi connectivity index (χ2n) is 6.31. The van der Waals surface area contributed by atoms with Crippen molar-refractivity contribution in [2.75, 3.05) is 5.32 Å². The highest BCUT2D eigenvalue weighted by Crippen LogP contribution is 2.31. The zero-order chi connectivity index (χ0) is 18.3. The number of hydrogen-bond donors (Lipinski definition) is 2. The van der Waals surface area contributed by atoms with E-state index in [1.807, 2.05) is 30.3 Å². The van der Waals surface area contributed by atoms with Gasteiger partial charge in [-0.3, -0.25) is 4.55 Å². The summed E-state index contributed by atoms with van der Waals surface area (Å²) in [6.07, 6.45) is 0. The predicted octanol–water partition coefficient (Wildman–Crippen LogP) is 5.29. The molecule has 0 aliphatic carbocycles. The van der Waals surface area contributed by atoms with Crippen LogP contribution in [0.1, 0.15) is 5.56 Å². The number of nitrogens with one attached hydrogen (secondary N) is 1. The molecule has 4 nitrogen and oxygen atoms in total. The maximum atomic E-state index is 11.5. The van der Waals surface area contributed by atoms with Gasteiger partial charge in [-0.05, 0) is 59.0 Å². The van der Waals surface area contributed by atoms with Crippen LogP contribution in [0, 0.1) is 6.92 Å². The maximum absolute atomic E-state index is 11.5. The topological polar surface area (TPSA) is 66.4 Å². The van der Waals surface area contributed by atoms with Gasteiger partial charge < -0.3 is 5.32 Å². The highest BCUT2D eigenvalue weighted by Gasteiger charge is 2.14. The Morgan fingerprint density at radius 1 is 0.808 bits per heavy atom. The highest BCUT2D eigenvalue weighted by atomic mass is 32.2. The summed E-state index contributed by atoms with van der Waals surface area (Å²) in [7, 11) is -4.26. The van der Waals surface area contributed by atoms with Crippen molar-refractivity contribution in [3.8, 4) is 0 Å². The van der Waals surface area contributed by atoms with E-state index < -0.39 is 10.1 Å². The summed E-state index contributed by atoms with van der Waals surface area (Å²) in [6.45, 7) is 1.65. The zero-order valence-electron chi connectivity index (χ0n) is 14.1. The molecule has 0 saturated carbocycles. The van der Waals surface area contributed by atoms with E-state index in [4.69, 9.17) is 0 Å². The molecule has 4 aromatic rings. The summed E-state index contributed by atoms with van der Waals surface area (Å²) in [6, 6.07) is 23.3. The number of fused-ring (bicyclic) bond motifs is 2. The third kappa shape index (κ3) is 3.03. The van der Waals surface area contributed by atoms with Crippen molar-refractivity contribution >= 4 is 43.0 Å². The van der Waals surface area contributed by atoms with Crippen LogP contribution in [0.2, 0.25) is 0 Å². The monoisotopic (exact) mass is 363 g/mol. The SMILES string of the molecule is Cc1ccc(Nc2cccc3cc4ccccc4cc23)cc1S(=O)(=O)O. The fourth-order valence-electron chi connectivity index (χ4n) is 3.19. The lowest BCUT2D eigenvalue weighted by Gasteiger charge is -2.12. The van der Waals surface area contributed by atoms with Crippen LogP contribution in [0.3, 0.4) is 0 Å². The molecule has 0 aromatic heterocycles. The second kappa shape index (κ2) is 6.12. The third-order valence-corrected chi connectivity index (χ3v) is 5.49. The number of aryl methyl sites for hydroxylation is 1. The molecule has 0 aliphatic rings. The molecule has 0 radical (unpaired) electrons. The van der Waals surface area contributed by atoms with Crippen molar-refractivity contribution in [3.05, 3.63) is 78.4 Å². The Labute approximate surface area is 151 Å². The maximum Gasteiger partial charge on any atom is 0.294 e. The van der Waals surface area contributed by atoms with E-state index in [2.05, 4.69) is 29.6 Å². The van der Waals surface area contributed by atoms with Gasteiger partial charge in [0.1, 0.15) is 0 Å². The highest BCUT2D eigenvalue weighted by molar-refractivity contribution is 7.85. The Balaban J connectivity index is 1.84. The first kappa shape index (κ1) is 16.6. The van der Waals surface area contributed by atoms with Gasteiger partial charge in [0, 0.05) is 16.8 Å². The van der Waals surface area contributed by atoms with Crippen molar-refractivity contribution in [2.24, 2.45) is 0 Å². The van der Waals surface area contributed by atoms with Crippen molar-refractivity contribution < 1.29 is 13.0 Å².